The van der Waals surface area contributed by atoms with Crippen molar-refractivity contribution in [2.45, 2.75) is 13.5 Å². The van der Waals surface area contributed by atoms with Crippen LogP contribution in [0.25, 0.3) is 0 Å². The van der Waals surface area contributed by atoms with Gasteiger partial charge in [-0.25, -0.2) is 0 Å². The molecule has 1 aromatic heterocycles. The summed E-state index contributed by atoms with van der Waals surface area (Å²) in [5.74, 6) is -0.297. The number of hydrogen-bond donors (Lipinski definition) is 1. The van der Waals surface area contributed by atoms with Gasteiger partial charge in [-0.15, -0.1) is 0 Å². The molecule has 0 bridgehead atoms. The van der Waals surface area contributed by atoms with Gasteiger partial charge < -0.3 is 10.1 Å². The molecule has 0 aliphatic rings. The summed E-state index contributed by atoms with van der Waals surface area (Å²) in [6, 6.07) is 3.88. The minimum absolute atomic E-state index is 0.114. The number of aromatic nitrogens is 1. The molecule has 1 unspecified atom stereocenters. The van der Waals surface area contributed by atoms with Crippen molar-refractivity contribution in [3.63, 3.8) is 0 Å². The van der Waals surface area contributed by atoms with Crippen LogP contribution in [-0.2, 0) is 16.1 Å². The molecule has 4 heteroatoms. The molecule has 0 aliphatic heterocycles. The van der Waals surface area contributed by atoms with E-state index in [2.05, 4.69) is 15.0 Å². The first-order chi connectivity index (χ1) is 7.24. The van der Waals surface area contributed by atoms with Gasteiger partial charge in [0.25, 0.3) is 0 Å². The van der Waals surface area contributed by atoms with Gasteiger partial charge in [-0.1, -0.05) is 6.92 Å². The van der Waals surface area contributed by atoms with Crippen molar-refractivity contribution in [2.24, 2.45) is 5.92 Å². The monoisotopic (exact) mass is 208 g/mol. The van der Waals surface area contributed by atoms with E-state index in [1.54, 1.807) is 12.4 Å². The van der Waals surface area contributed by atoms with Crippen LogP contribution in [0.3, 0.4) is 0 Å². The molecule has 0 amide bonds. The maximum Gasteiger partial charge on any atom is 0.309 e. The van der Waals surface area contributed by atoms with E-state index in [1.165, 1.54) is 7.11 Å². The Morgan fingerprint density at radius 3 is 2.80 bits per heavy atom. The number of nitrogens with one attached hydrogen (secondary N) is 1. The third-order valence-corrected chi connectivity index (χ3v) is 2.13. The number of hydrogen-bond acceptors (Lipinski definition) is 4. The number of nitrogens with zero attached hydrogens (tertiary/aromatic N) is 1. The predicted molar refractivity (Wildman–Crippen MR) is 57.1 cm³/mol. The minimum Gasteiger partial charge on any atom is -0.469 e. The molecule has 0 saturated heterocycles. The Kier molecular flexibility index (Phi) is 4.77. The van der Waals surface area contributed by atoms with E-state index in [-0.39, 0.29) is 11.9 Å². The zero-order valence-electron chi connectivity index (χ0n) is 9.06. The summed E-state index contributed by atoms with van der Waals surface area (Å²) in [7, 11) is 1.40. The maximum absolute atomic E-state index is 11.1. The van der Waals surface area contributed by atoms with Crippen LogP contribution >= 0.6 is 0 Å². The zero-order chi connectivity index (χ0) is 11.1. The second-order valence-corrected chi connectivity index (χ2v) is 3.41. The number of carbonyl (C=O) groups is 1. The fourth-order valence-corrected chi connectivity index (χ4v) is 1.22. The quantitative estimate of drug-likeness (QED) is 0.733. The van der Waals surface area contributed by atoms with Crippen LogP contribution in [0.4, 0.5) is 0 Å². The third-order valence-electron chi connectivity index (χ3n) is 2.13. The van der Waals surface area contributed by atoms with Crippen LogP contribution in [0.15, 0.2) is 24.5 Å². The van der Waals surface area contributed by atoms with Crippen molar-refractivity contribution in [2.75, 3.05) is 13.7 Å². The van der Waals surface area contributed by atoms with Gasteiger partial charge in [-0.3, -0.25) is 9.78 Å². The van der Waals surface area contributed by atoms with Gasteiger partial charge in [-0.2, -0.15) is 0 Å². The van der Waals surface area contributed by atoms with Crippen molar-refractivity contribution in [1.82, 2.24) is 10.3 Å². The van der Waals surface area contributed by atoms with Crippen LogP contribution in [0.2, 0.25) is 0 Å². The van der Waals surface area contributed by atoms with Crippen LogP contribution in [0.1, 0.15) is 12.5 Å². The van der Waals surface area contributed by atoms with Crippen molar-refractivity contribution < 1.29 is 9.53 Å². The molecule has 0 saturated carbocycles. The van der Waals surface area contributed by atoms with E-state index < -0.39 is 0 Å². The van der Waals surface area contributed by atoms with Gasteiger partial charge >= 0.3 is 5.97 Å². The van der Waals surface area contributed by atoms with E-state index in [0.717, 1.165) is 12.1 Å². The number of methoxy groups -OCH3 is 1. The van der Waals surface area contributed by atoms with Crippen LogP contribution in [0.5, 0.6) is 0 Å². The highest BCUT2D eigenvalue weighted by atomic mass is 16.5. The fourth-order valence-electron chi connectivity index (χ4n) is 1.22. The topological polar surface area (TPSA) is 51.2 Å². The van der Waals surface area contributed by atoms with Crippen molar-refractivity contribution >= 4 is 5.97 Å². The largest absolute Gasteiger partial charge is 0.469 e. The second-order valence-electron chi connectivity index (χ2n) is 3.41. The average molecular weight is 208 g/mol. The highest BCUT2D eigenvalue weighted by Crippen LogP contribution is 1.98. The van der Waals surface area contributed by atoms with Gasteiger partial charge in [0.1, 0.15) is 0 Å². The van der Waals surface area contributed by atoms with Crippen LogP contribution in [-0.4, -0.2) is 24.6 Å². The minimum atomic E-state index is -0.183. The summed E-state index contributed by atoms with van der Waals surface area (Å²) >= 11 is 0. The molecule has 1 rings (SSSR count). The molecule has 0 fully saturated rings. The Morgan fingerprint density at radius 1 is 1.53 bits per heavy atom. The molecule has 1 N–H and O–H groups in total. The zero-order valence-corrected chi connectivity index (χ0v) is 9.06. The van der Waals surface area contributed by atoms with Gasteiger partial charge in [0, 0.05) is 25.5 Å². The molecule has 0 aromatic carbocycles. The van der Waals surface area contributed by atoms with Gasteiger partial charge in [0.05, 0.1) is 13.0 Å². The third kappa shape index (κ3) is 4.08. The molecule has 15 heavy (non-hydrogen) atoms. The summed E-state index contributed by atoms with van der Waals surface area (Å²) in [6.07, 6.45) is 3.50. The Hall–Kier alpha value is -1.42. The Bertz CT molecular complexity index is 301. The molecule has 1 aromatic rings. The lowest BCUT2D eigenvalue weighted by Crippen LogP contribution is -2.26. The molecule has 0 aliphatic carbocycles. The summed E-state index contributed by atoms with van der Waals surface area (Å²) in [4.78, 5) is 15.0. The number of rotatable bonds is 5. The first-order valence-corrected chi connectivity index (χ1v) is 4.91. The van der Waals surface area contributed by atoms with Gasteiger partial charge in [-0.05, 0) is 17.7 Å². The van der Waals surface area contributed by atoms with Crippen molar-refractivity contribution in [3.8, 4) is 0 Å². The summed E-state index contributed by atoms with van der Waals surface area (Å²) in [5, 5.41) is 3.19. The van der Waals surface area contributed by atoms with E-state index >= 15 is 0 Å². The van der Waals surface area contributed by atoms with Gasteiger partial charge in [0.2, 0.25) is 0 Å². The Balaban J connectivity index is 2.25. The number of carbonyl (C=O) groups excluding carboxylic acids is 1. The summed E-state index contributed by atoms with van der Waals surface area (Å²) in [6.45, 7) is 3.20. The lowest BCUT2D eigenvalue weighted by atomic mass is 10.2. The SMILES string of the molecule is COC(=O)C(C)CNCc1ccncc1. The van der Waals surface area contributed by atoms with Crippen LogP contribution < -0.4 is 5.32 Å². The summed E-state index contributed by atoms with van der Waals surface area (Å²) in [5.41, 5.74) is 1.15. The molecule has 0 spiro atoms. The molecule has 4 nitrogen and oxygen atoms in total. The average Bonchev–Trinajstić information content (AvgIpc) is 2.29. The van der Waals surface area contributed by atoms with E-state index in [0.29, 0.717) is 6.54 Å². The fraction of sp³-hybridized carbons (Fsp3) is 0.455. The van der Waals surface area contributed by atoms with Crippen molar-refractivity contribution in [3.05, 3.63) is 30.1 Å². The van der Waals surface area contributed by atoms with E-state index in [4.69, 9.17) is 0 Å². The van der Waals surface area contributed by atoms with Crippen molar-refractivity contribution in [1.29, 1.82) is 0 Å². The molecule has 1 atom stereocenters. The number of esters is 1. The lowest BCUT2D eigenvalue weighted by Gasteiger charge is -2.10. The molecular formula is C11H16N2O2. The van der Waals surface area contributed by atoms with E-state index in [9.17, 15) is 4.79 Å². The molecule has 0 radical (unpaired) electrons. The first kappa shape index (κ1) is 11.7. The highest BCUT2D eigenvalue weighted by molar-refractivity contribution is 5.71. The second kappa shape index (κ2) is 6.14. The number of ether oxygens (including phenoxy) is 1. The summed E-state index contributed by atoms with van der Waals surface area (Å²) < 4.78 is 4.63. The Morgan fingerprint density at radius 2 is 2.20 bits per heavy atom. The van der Waals surface area contributed by atoms with E-state index in [1.807, 2.05) is 19.1 Å². The maximum atomic E-state index is 11.1. The highest BCUT2D eigenvalue weighted by Gasteiger charge is 2.11. The predicted octanol–water partition coefficient (Wildman–Crippen LogP) is 0.980. The first-order valence-electron chi connectivity index (χ1n) is 4.91. The van der Waals surface area contributed by atoms with Crippen LogP contribution in [0, 0.1) is 5.92 Å². The molecule has 1 heterocycles. The Labute approximate surface area is 89.7 Å². The number of pyridine rings is 1. The van der Waals surface area contributed by atoms with Gasteiger partial charge in [0.15, 0.2) is 0 Å². The normalized spacial score (nSPS) is 12.1. The molecular weight excluding hydrogens is 192 g/mol. The molecule has 82 valence electrons. The lowest BCUT2D eigenvalue weighted by molar-refractivity contribution is -0.144. The standard InChI is InChI=1S/C11H16N2O2/c1-9(11(14)15-2)7-13-8-10-3-5-12-6-4-10/h3-6,9,13H,7-8H2,1-2H3. The smallest absolute Gasteiger partial charge is 0.309 e.